The number of carbonyl (C=O) groups excluding carboxylic acids is 2. The SMILES string of the molecule is O=C1c2ccccc2C(=O)c2c1ccc1c(=O)c3cc(Cl)ccc3sc21. The lowest BCUT2D eigenvalue weighted by atomic mass is 9.83. The van der Waals surface area contributed by atoms with Crippen molar-refractivity contribution in [1.82, 2.24) is 0 Å². The predicted molar refractivity (Wildman–Crippen MR) is 104 cm³/mol. The van der Waals surface area contributed by atoms with Gasteiger partial charge in [0.05, 0.1) is 10.3 Å². The van der Waals surface area contributed by atoms with Gasteiger partial charge in [0.15, 0.2) is 17.0 Å². The van der Waals surface area contributed by atoms with E-state index in [2.05, 4.69) is 0 Å². The van der Waals surface area contributed by atoms with Crippen LogP contribution >= 0.6 is 22.9 Å². The smallest absolute Gasteiger partial charge is 0.195 e. The summed E-state index contributed by atoms with van der Waals surface area (Å²) in [6.07, 6.45) is 0. The van der Waals surface area contributed by atoms with E-state index in [-0.39, 0.29) is 17.0 Å². The van der Waals surface area contributed by atoms with Gasteiger partial charge in [-0.25, -0.2) is 0 Å². The second kappa shape index (κ2) is 5.34. The maximum atomic E-state index is 13.1. The lowest BCUT2D eigenvalue weighted by Crippen LogP contribution is -2.21. The Morgan fingerprint density at radius 1 is 0.731 bits per heavy atom. The minimum Gasteiger partial charge on any atom is -0.289 e. The van der Waals surface area contributed by atoms with Crippen LogP contribution < -0.4 is 5.43 Å². The number of carbonyl (C=O) groups is 2. The summed E-state index contributed by atoms with van der Waals surface area (Å²) in [5, 5.41) is 1.44. The van der Waals surface area contributed by atoms with E-state index in [1.807, 2.05) is 0 Å². The van der Waals surface area contributed by atoms with E-state index in [9.17, 15) is 14.4 Å². The minimum absolute atomic E-state index is 0.182. The fourth-order valence-corrected chi connectivity index (χ4v) is 4.83. The van der Waals surface area contributed by atoms with Crippen LogP contribution in [0.4, 0.5) is 0 Å². The van der Waals surface area contributed by atoms with E-state index < -0.39 is 0 Å². The Balaban J connectivity index is 1.95. The van der Waals surface area contributed by atoms with Crippen LogP contribution in [0.1, 0.15) is 31.8 Å². The first kappa shape index (κ1) is 15.4. The molecule has 4 aromatic rings. The first-order valence-electron chi connectivity index (χ1n) is 7.94. The maximum absolute atomic E-state index is 13.1. The number of rotatable bonds is 0. The van der Waals surface area contributed by atoms with Crippen molar-refractivity contribution in [1.29, 1.82) is 0 Å². The van der Waals surface area contributed by atoms with Crippen LogP contribution in [0.25, 0.3) is 20.2 Å². The molecular weight excluding hydrogens is 368 g/mol. The number of hydrogen-bond acceptors (Lipinski definition) is 4. The molecule has 1 aliphatic carbocycles. The molecule has 0 fully saturated rings. The van der Waals surface area contributed by atoms with Gasteiger partial charge in [-0.2, -0.15) is 0 Å². The summed E-state index contributed by atoms with van der Waals surface area (Å²) in [4.78, 5) is 38.9. The molecule has 3 aromatic carbocycles. The molecule has 0 bridgehead atoms. The van der Waals surface area contributed by atoms with Crippen LogP contribution in [0.5, 0.6) is 0 Å². The van der Waals surface area contributed by atoms with Crippen LogP contribution in [0.3, 0.4) is 0 Å². The van der Waals surface area contributed by atoms with Crippen LogP contribution in [0.2, 0.25) is 5.02 Å². The summed E-state index contributed by atoms with van der Waals surface area (Å²) in [6, 6.07) is 15.1. The lowest BCUT2D eigenvalue weighted by molar-refractivity contribution is 0.0980. The molecule has 5 heteroatoms. The number of fused-ring (bicyclic) bond motifs is 5. The number of ketones is 2. The van der Waals surface area contributed by atoms with Crippen molar-refractivity contribution in [3.8, 4) is 0 Å². The first-order chi connectivity index (χ1) is 12.6. The molecule has 5 rings (SSSR count). The van der Waals surface area contributed by atoms with Crippen molar-refractivity contribution in [2.75, 3.05) is 0 Å². The first-order valence-corrected chi connectivity index (χ1v) is 9.13. The zero-order valence-corrected chi connectivity index (χ0v) is 14.8. The molecule has 26 heavy (non-hydrogen) atoms. The quantitative estimate of drug-likeness (QED) is 0.363. The van der Waals surface area contributed by atoms with Crippen LogP contribution in [-0.2, 0) is 0 Å². The highest BCUT2D eigenvalue weighted by Crippen LogP contribution is 2.36. The highest BCUT2D eigenvalue weighted by Gasteiger charge is 2.31. The van der Waals surface area contributed by atoms with E-state index in [1.54, 1.807) is 54.6 Å². The summed E-state index contributed by atoms with van der Waals surface area (Å²) >= 11 is 7.36. The van der Waals surface area contributed by atoms with E-state index in [0.29, 0.717) is 42.7 Å². The average molecular weight is 377 g/mol. The maximum Gasteiger partial charge on any atom is 0.195 e. The Morgan fingerprint density at radius 2 is 1.46 bits per heavy atom. The van der Waals surface area contributed by atoms with Crippen LogP contribution in [0.15, 0.2) is 59.4 Å². The molecule has 0 aliphatic heterocycles. The molecule has 0 unspecified atom stereocenters. The van der Waals surface area contributed by atoms with E-state index in [0.717, 1.165) is 4.70 Å². The Kier molecular flexibility index (Phi) is 3.17. The van der Waals surface area contributed by atoms with E-state index in [4.69, 9.17) is 11.6 Å². The monoisotopic (exact) mass is 376 g/mol. The molecule has 0 atom stereocenters. The Hall–Kier alpha value is -2.82. The molecule has 0 radical (unpaired) electrons. The molecule has 0 saturated carbocycles. The Labute approximate surface area is 156 Å². The molecule has 1 aliphatic rings. The van der Waals surface area contributed by atoms with Gasteiger partial charge in [0.1, 0.15) is 0 Å². The molecule has 0 amide bonds. The molecule has 3 nitrogen and oxygen atoms in total. The van der Waals surface area contributed by atoms with Crippen molar-refractivity contribution in [3.63, 3.8) is 0 Å². The van der Waals surface area contributed by atoms with Gasteiger partial charge in [-0.3, -0.25) is 14.4 Å². The number of benzene rings is 3. The summed E-state index contributed by atoms with van der Waals surface area (Å²) in [6.45, 7) is 0. The molecule has 124 valence electrons. The molecule has 1 heterocycles. The summed E-state index contributed by atoms with van der Waals surface area (Å²) < 4.78 is 1.29. The average Bonchev–Trinajstić information content (AvgIpc) is 2.66. The molecule has 1 aromatic heterocycles. The molecule has 0 saturated heterocycles. The van der Waals surface area contributed by atoms with Crippen molar-refractivity contribution >= 4 is 54.7 Å². The standard InChI is InChI=1S/C21H9ClO3S/c22-10-5-8-16-15(9-10)19(24)14-7-6-13-17(21(14)26-16)20(25)12-4-2-1-3-11(12)18(13)23/h1-9H. The van der Waals surface area contributed by atoms with Gasteiger partial charge in [-0.1, -0.05) is 35.9 Å². The Morgan fingerprint density at radius 3 is 2.23 bits per heavy atom. The van der Waals surface area contributed by atoms with Gasteiger partial charge in [0.25, 0.3) is 0 Å². The summed E-state index contributed by atoms with van der Waals surface area (Å²) in [5.74, 6) is -0.405. The zero-order valence-electron chi connectivity index (χ0n) is 13.2. The third-order valence-electron chi connectivity index (χ3n) is 4.69. The predicted octanol–water partition coefficient (Wildman–Crippen LogP) is 4.84. The van der Waals surface area contributed by atoms with Gasteiger partial charge >= 0.3 is 0 Å². The summed E-state index contributed by atoms with van der Waals surface area (Å²) in [5.41, 5.74) is 1.28. The normalized spacial score (nSPS) is 13.1. The van der Waals surface area contributed by atoms with Gasteiger partial charge < -0.3 is 0 Å². The topological polar surface area (TPSA) is 51.2 Å². The second-order valence-corrected chi connectivity index (χ2v) is 7.63. The largest absolute Gasteiger partial charge is 0.289 e. The fourth-order valence-electron chi connectivity index (χ4n) is 3.46. The van der Waals surface area contributed by atoms with Gasteiger partial charge in [0.2, 0.25) is 0 Å². The van der Waals surface area contributed by atoms with Gasteiger partial charge in [-0.05, 0) is 30.3 Å². The van der Waals surface area contributed by atoms with Crippen molar-refractivity contribution in [3.05, 3.63) is 92.1 Å². The van der Waals surface area contributed by atoms with E-state index >= 15 is 0 Å². The zero-order chi connectivity index (χ0) is 18.0. The third-order valence-corrected chi connectivity index (χ3v) is 6.13. The van der Waals surface area contributed by atoms with E-state index in [1.165, 1.54) is 11.3 Å². The van der Waals surface area contributed by atoms with Gasteiger partial charge in [-0.15, -0.1) is 11.3 Å². The molecule has 0 spiro atoms. The number of hydrogen-bond donors (Lipinski definition) is 0. The van der Waals surface area contributed by atoms with Crippen LogP contribution in [0, 0.1) is 0 Å². The fraction of sp³-hybridized carbons (Fsp3) is 0. The Bertz CT molecular complexity index is 1350. The second-order valence-electron chi connectivity index (χ2n) is 6.14. The number of halogens is 1. The summed E-state index contributed by atoms with van der Waals surface area (Å²) in [7, 11) is 0. The van der Waals surface area contributed by atoms with Crippen LogP contribution in [-0.4, -0.2) is 11.6 Å². The third kappa shape index (κ3) is 1.97. The lowest BCUT2D eigenvalue weighted by Gasteiger charge is -2.18. The highest BCUT2D eigenvalue weighted by atomic mass is 35.5. The minimum atomic E-state index is -0.218. The molecule has 0 N–H and O–H groups in total. The van der Waals surface area contributed by atoms with Gasteiger partial charge in [0, 0.05) is 37.2 Å². The van der Waals surface area contributed by atoms with Crippen molar-refractivity contribution in [2.24, 2.45) is 0 Å². The van der Waals surface area contributed by atoms with Crippen molar-refractivity contribution < 1.29 is 9.59 Å². The van der Waals surface area contributed by atoms with Crippen molar-refractivity contribution in [2.45, 2.75) is 0 Å². The molecular formula is C21H9ClO3S. The highest BCUT2D eigenvalue weighted by molar-refractivity contribution is 7.25.